The van der Waals surface area contributed by atoms with Crippen LogP contribution in [0.2, 0.25) is 5.02 Å². The maximum atomic E-state index is 13.0. The van der Waals surface area contributed by atoms with Crippen LogP contribution in [0.3, 0.4) is 0 Å². The summed E-state index contributed by atoms with van der Waals surface area (Å²) in [5.74, 6) is -0.662. The first-order valence-corrected chi connectivity index (χ1v) is 13.5. The van der Waals surface area contributed by atoms with Crippen LogP contribution < -0.4 is 5.32 Å². The molecule has 1 fully saturated rings. The summed E-state index contributed by atoms with van der Waals surface area (Å²) < 4.78 is 29.4. The van der Waals surface area contributed by atoms with Crippen molar-refractivity contribution in [2.45, 2.75) is 24.7 Å². The van der Waals surface area contributed by atoms with E-state index in [1.165, 1.54) is 27.8 Å². The van der Waals surface area contributed by atoms with Gasteiger partial charge in [0.25, 0.3) is 0 Å². The molecule has 0 bridgehead atoms. The molecule has 3 heterocycles. The Bertz CT molecular complexity index is 1430. The molecule has 1 saturated heterocycles. The van der Waals surface area contributed by atoms with Gasteiger partial charge in [0.1, 0.15) is 5.52 Å². The quantitative estimate of drug-likeness (QED) is 0.424. The van der Waals surface area contributed by atoms with Gasteiger partial charge >= 0.3 is 0 Å². The van der Waals surface area contributed by atoms with Crippen LogP contribution in [0.15, 0.2) is 41.3 Å². The third kappa shape index (κ3) is 4.01. The Kier molecular flexibility index (Phi) is 5.67. The van der Waals surface area contributed by atoms with E-state index in [9.17, 15) is 13.2 Å². The lowest BCUT2D eigenvalue weighted by atomic mass is 9.99. The van der Waals surface area contributed by atoms with E-state index < -0.39 is 15.9 Å². The van der Waals surface area contributed by atoms with Crippen molar-refractivity contribution in [3.05, 3.63) is 46.4 Å². The minimum Gasteiger partial charge on any atom is -0.302 e. The normalized spacial score (nSPS) is 17.8. The maximum Gasteiger partial charge on any atom is 0.243 e. The van der Waals surface area contributed by atoms with Crippen LogP contribution in [-0.4, -0.2) is 41.7 Å². The molecule has 1 amide bonds. The number of fused-ring (bicyclic) bond motifs is 3. The molecular weight excluding hydrogens is 488 g/mol. The smallest absolute Gasteiger partial charge is 0.243 e. The Morgan fingerprint density at radius 2 is 1.94 bits per heavy atom. The Labute approximate surface area is 198 Å². The van der Waals surface area contributed by atoms with E-state index in [0.29, 0.717) is 29.5 Å². The molecule has 0 saturated carbocycles. The summed E-state index contributed by atoms with van der Waals surface area (Å²) in [6.07, 6.45) is 1.24. The molecule has 1 unspecified atom stereocenters. The summed E-state index contributed by atoms with van der Waals surface area (Å²) in [6, 6.07) is 10.0. The van der Waals surface area contributed by atoms with E-state index in [0.717, 1.165) is 25.4 Å². The van der Waals surface area contributed by atoms with Crippen LogP contribution in [0.1, 0.15) is 17.8 Å². The number of carbonyl (C=O) groups is 1. The van der Waals surface area contributed by atoms with Crippen molar-refractivity contribution >= 4 is 75.8 Å². The first kappa shape index (κ1) is 21.7. The largest absolute Gasteiger partial charge is 0.302 e. The third-order valence-corrected chi connectivity index (χ3v) is 9.52. The second-order valence-electron chi connectivity index (χ2n) is 7.66. The summed E-state index contributed by atoms with van der Waals surface area (Å²) in [6.45, 7) is 2.49. The molecule has 2 aromatic heterocycles. The lowest BCUT2D eigenvalue weighted by molar-refractivity contribution is -0.120. The van der Waals surface area contributed by atoms with Gasteiger partial charge in [0, 0.05) is 18.1 Å². The lowest BCUT2D eigenvalue weighted by Crippen LogP contribution is -2.43. The summed E-state index contributed by atoms with van der Waals surface area (Å²) in [5.41, 5.74) is 1.69. The number of amides is 1. The summed E-state index contributed by atoms with van der Waals surface area (Å²) in [5, 5.41) is 4.85. The molecule has 32 heavy (non-hydrogen) atoms. The van der Waals surface area contributed by atoms with Gasteiger partial charge in [-0.25, -0.2) is 18.4 Å². The number of carbonyl (C=O) groups excluding carboxylic acids is 1. The highest BCUT2D eigenvalue weighted by molar-refractivity contribution is 7.89. The number of thiazole rings is 2. The highest BCUT2D eigenvalue weighted by Gasteiger charge is 2.33. The van der Waals surface area contributed by atoms with Gasteiger partial charge in [-0.05, 0) is 56.2 Å². The highest BCUT2D eigenvalue weighted by atomic mass is 35.5. The molecule has 0 aliphatic carbocycles. The average molecular weight is 507 g/mol. The van der Waals surface area contributed by atoms with Gasteiger partial charge in [0.05, 0.1) is 30.7 Å². The number of piperidine rings is 1. The minimum atomic E-state index is -3.69. The van der Waals surface area contributed by atoms with Crippen molar-refractivity contribution < 1.29 is 13.2 Å². The van der Waals surface area contributed by atoms with Crippen molar-refractivity contribution in [1.29, 1.82) is 0 Å². The Morgan fingerprint density at radius 3 is 2.72 bits per heavy atom. The van der Waals surface area contributed by atoms with Crippen molar-refractivity contribution in [3.8, 4) is 0 Å². The number of rotatable bonds is 4. The van der Waals surface area contributed by atoms with Crippen molar-refractivity contribution in [2.24, 2.45) is 5.92 Å². The first-order chi connectivity index (χ1) is 15.3. The second kappa shape index (κ2) is 8.35. The molecule has 1 aliphatic rings. The van der Waals surface area contributed by atoms with E-state index in [-0.39, 0.29) is 17.3 Å². The molecule has 7 nitrogen and oxygen atoms in total. The molecule has 1 atom stereocenters. The molecule has 4 aromatic rings. The Hall–Kier alpha value is -2.11. The molecule has 166 valence electrons. The molecule has 2 aromatic carbocycles. The average Bonchev–Trinajstić information content (AvgIpc) is 3.36. The Balaban J connectivity index is 1.34. The van der Waals surface area contributed by atoms with Gasteiger partial charge in [-0.3, -0.25) is 4.79 Å². The van der Waals surface area contributed by atoms with E-state index in [1.807, 2.05) is 19.1 Å². The first-order valence-electron chi connectivity index (χ1n) is 10.0. The van der Waals surface area contributed by atoms with Crippen LogP contribution >= 0.6 is 34.3 Å². The second-order valence-corrected chi connectivity index (χ2v) is 12.3. The number of hydrogen-bond donors (Lipinski definition) is 1. The van der Waals surface area contributed by atoms with Crippen LogP contribution in [0.4, 0.5) is 5.13 Å². The zero-order valence-electron chi connectivity index (χ0n) is 17.0. The SMILES string of the molecule is Cc1nc2c(ccc3nc(NC(=O)C4CCCN(S(=O)(=O)c5ccc(Cl)cc5)C4)sc32)s1. The topological polar surface area (TPSA) is 92.3 Å². The molecule has 11 heteroatoms. The maximum absolute atomic E-state index is 13.0. The highest BCUT2D eigenvalue weighted by Crippen LogP contribution is 2.35. The van der Waals surface area contributed by atoms with Crippen molar-refractivity contribution in [3.63, 3.8) is 0 Å². The predicted octanol–water partition coefficient (Wildman–Crippen LogP) is 4.91. The number of sulfonamides is 1. The molecule has 1 N–H and O–H groups in total. The van der Waals surface area contributed by atoms with Crippen molar-refractivity contribution in [2.75, 3.05) is 18.4 Å². The van der Waals surface area contributed by atoms with E-state index in [4.69, 9.17) is 11.6 Å². The van der Waals surface area contributed by atoms with E-state index in [1.54, 1.807) is 23.5 Å². The number of anilines is 1. The molecule has 1 aliphatic heterocycles. The standard InChI is InChI=1S/C21H19ClN4O3S3/c1-12-23-18-17(30-12)9-8-16-19(18)31-21(24-16)25-20(27)13-3-2-10-26(11-13)32(28,29)15-6-4-14(22)5-7-15/h4-9,13H,2-3,10-11H2,1H3,(H,24,25,27). The number of benzene rings is 2. The lowest BCUT2D eigenvalue weighted by Gasteiger charge is -2.31. The molecule has 0 radical (unpaired) electrons. The summed E-state index contributed by atoms with van der Waals surface area (Å²) >= 11 is 8.90. The third-order valence-electron chi connectivity index (χ3n) is 5.46. The number of aryl methyl sites for hydroxylation is 1. The number of aromatic nitrogens is 2. The van der Waals surface area contributed by atoms with E-state index >= 15 is 0 Å². The summed E-state index contributed by atoms with van der Waals surface area (Å²) in [7, 11) is -3.69. The molecule has 0 spiro atoms. The van der Waals surface area contributed by atoms with E-state index in [2.05, 4.69) is 15.3 Å². The van der Waals surface area contributed by atoms with Gasteiger partial charge in [0.2, 0.25) is 15.9 Å². The van der Waals surface area contributed by atoms with Crippen LogP contribution in [0.5, 0.6) is 0 Å². The fourth-order valence-electron chi connectivity index (χ4n) is 3.88. The minimum absolute atomic E-state index is 0.136. The number of hydrogen-bond acceptors (Lipinski definition) is 7. The monoisotopic (exact) mass is 506 g/mol. The van der Waals surface area contributed by atoms with Crippen LogP contribution in [0, 0.1) is 12.8 Å². The fourth-order valence-corrected chi connectivity index (χ4v) is 7.39. The fraction of sp³-hybridized carbons (Fsp3) is 0.286. The molecular formula is C21H19ClN4O3S3. The zero-order valence-corrected chi connectivity index (χ0v) is 20.2. The van der Waals surface area contributed by atoms with Gasteiger partial charge in [-0.2, -0.15) is 4.31 Å². The number of nitrogens with one attached hydrogen (secondary N) is 1. The molecule has 5 rings (SSSR count). The van der Waals surface area contributed by atoms with Crippen molar-refractivity contribution in [1.82, 2.24) is 14.3 Å². The zero-order chi connectivity index (χ0) is 22.5. The number of nitrogens with zero attached hydrogens (tertiary/aromatic N) is 3. The summed E-state index contributed by atoms with van der Waals surface area (Å²) in [4.78, 5) is 22.3. The van der Waals surface area contributed by atoms with Crippen LogP contribution in [0.25, 0.3) is 20.4 Å². The van der Waals surface area contributed by atoms with Gasteiger partial charge in [-0.1, -0.05) is 22.9 Å². The van der Waals surface area contributed by atoms with Gasteiger partial charge in [0.15, 0.2) is 5.13 Å². The predicted molar refractivity (Wildman–Crippen MR) is 129 cm³/mol. The van der Waals surface area contributed by atoms with Crippen LogP contribution in [-0.2, 0) is 14.8 Å². The Morgan fingerprint density at radius 1 is 1.16 bits per heavy atom. The number of halogens is 1. The van der Waals surface area contributed by atoms with Gasteiger partial charge < -0.3 is 5.32 Å². The van der Waals surface area contributed by atoms with Gasteiger partial charge in [-0.15, -0.1) is 11.3 Å².